The molecule has 0 spiro atoms. The maximum absolute atomic E-state index is 13.1. The number of amides is 1. The van der Waals surface area contributed by atoms with E-state index < -0.39 is 17.3 Å². The van der Waals surface area contributed by atoms with Crippen LogP contribution in [0.4, 0.5) is 24.7 Å². The highest BCUT2D eigenvalue weighted by atomic mass is 19.4. The van der Waals surface area contributed by atoms with Crippen LogP contribution in [0.5, 0.6) is 5.75 Å². The molecule has 180 valence electrons. The Morgan fingerprint density at radius 3 is 2.71 bits per heavy atom. The third-order valence-electron chi connectivity index (χ3n) is 5.66. The van der Waals surface area contributed by atoms with Crippen molar-refractivity contribution in [1.29, 1.82) is 0 Å². The summed E-state index contributed by atoms with van der Waals surface area (Å²) >= 11 is 0. The van der Waals surface area contributed by atoms with Gasteiger partial charge in [0.2, 0.25) is 5.91 Å². The van der Waals surface area contributed by atoms with Crippen molar-refractivity contribution in [2.24, 2.45) is 7.05 Å². The van der Waals surface area contributed by atoms with Crippen LogP contribution in [0, 0.1) is 0 Å². The molecule has 3 N–H and O–H groups in total. The molecule has 1 amide bonds. The highest BCUT2D eigenvalue weighted by Gasteiger charge is 2.31. The van der Waals surface area contributed by atoms with E-state index in [0.717, 1.165) is 12.1 Å². The lowest BCUT2D eigenvalue weighted by atomic mass is 10.1. The molecule has 9 nitrogen and oxygen atoms in total. The summed E-state index contributed by atoms with van der Waals surface area (Å²) in [4.78, 5) is 34.4. The van der Waals surface area contributed by atoms with Crippen LogP contribution in [0.15, 0.2) is 35.4 Å². The van der Waals surface area contributed by atoms with Crippen LogP contribution in [0.2, 0.25) is 0 Å². The number of ether oxygens (including phenoxy) is 1. The van der Waals surface area contributed by atoms with Gasteiger partial charge in [0.05, 0.1) is 17.5 Å². The number of carbonyl (C=O) groups excluding carboxylic acids is 1. The SMILES string of the molecule is CC(=O)N1CCC(Oc2cc3c(NCc4cc(N)cc(C(F)(F)F)c4)ncnc3n(C)c2=O)C1. The first-order chi connectivity index (χ1) is 16.0. The van der Waals surface area contributed by atoms with E-state index in [2.05, 4.69) is 15.3 Å². The number of nitrogens with one attached hydrogen (secondary N) is 1. The molecule has 4 rings (SSSR count). The average Bonchev–Trinajstić information content (AvgIpc) is 3.24. The first kappa shape index (κ1) is 23.3. The minimum Gasteiger partial charge on any atom is -0.483 e. The molecule has 34 heavy (non-hydrogen) atoms. The normalized spacial score (nSPS) is 16.1. The topological polar surface area (TPSA) is 115 Å². The second kappa shape index (κ2) is 8.84. The Morgan fingerprint density at radius 1 is 1.26 bits per heavy atom. The number of aryl methyl sites for hydroxylation is 1. The van der Waals surface area contributed by atoms with E-state index in [1.165, 1.54) is 30.0 Å². The fraction of sp³-hybridized carbons (Fsp3) is 0.364. The van der Waals surface area contributed by atoms with Crippen molar-refractivity contribution in [3.8, 4) is 5.75 Å². The van der Waals surface area contributed by atoms with Gasteiger partial charge in [-0.3, -0.25) is 14.2 Å². The summed E-state index contributed by atoms with van der Waals surface area (Å²) in [6.07, 6.45) is -3.00. The van der Waals surface area contributed by atoms with Gasteiger partial charge in [-0.1, -0.05) is 0 Å². The summed E-state index contributed by atoms with van der Waals surface area (Å²) in [6, 6.07) is 4.84. The number of hydrogen-bond acceptors (Lipinski definition) is 7. The zero-order valence-corrected chi connectivity index (χ0v) is 18.5. The third-order valence-corrected chi connectivity index (χ3v) is 5.66. The third kappa shape index (κ3) is 4.75. The molecule has 1 aliphatic rings. The molecule has 1 atom stereocenters. The number of halogens is 3. The van der Waals surface area contributed by atoms with Crippen LogP contribution < -0.4 is 21.3 Å². The molecule has 1 aromatic carbocycles. The molecular formula is C22H23F3N6O3. The number of likely N-dealkylation sites (tertiary alicyclic amines) is 1. The van der Waals surface area contributed by atoms with E-state index in [-0.39, 0.29) is 30.0 Å². The second-order valence-corrected chi connectivity index (χ2v) is 8.14. The van der Waals surface area contributed by atoms with Crippen molar-refractivity contribution in [3.05, 3.63) is 52.1 Å². The summed E-state index contributed by atoms with van der Waals surface area (Å²) in [5.41, 5.74) is 5.04. The quantitative estimate of drug-likeness (QED) is 0.544. The number of alkyl halides is 3. The van der Waals surface area contributed by atoms with Crippen LogP contribution in [-0.2, 0) is 24.6 Å². The van der Waals surface area contributed by atoms with Crippen molar-refractivity contribution >= 4 is 28.4 Å². The van der Waals surface area contributed by atoms with Gasteiger partial charge >= 0.3 is 6.18 Å². The minimum absolute atomic E-state index is 0.00609. The van der Waals surface area contributed by atoms with Crippen LogP contribution in [-0.4, -0.2) is 44.5 Å². The molecule has 1 saturated heterocycles. The first-order valence-corrected chi connectivity index (χ1v) is 10.5. The summed E-state index contributed by atoms with van der Waals surface area (Å²) in [7, 11) is 1.54. The number of rotatable bonds is 5. The Balaban J connectivity index is 1.62. The Labute approximate surface area is 192 Å². The van der Waals surface area contributed by atoms with Gasteiger partial charge in [0, 0.05) is 45.2 Å². The Hall–Kier alpha value is -3.83. The number of nitrogens with two attached hydrogens (primary N) is 1. The van der Waals surface area contributed by atoms with Crippen molar-refractivity contribution in [2.75, 3.05) is 24.1 Å². The lowest BCUT2D eigenvalue weighted by Crippen LogP contribution is -2.30. The van der Waals surface area contributed by atoms with E-state index in [1.807, 2.05) is 0 Å². The van der Waals surface area contributed by atoms with Gasteiger partial charge in [-0.05, 0) is 23.8 Å². The Bertz CT molecular complexity index is 1310. The highest BCUT2D eigenvalue weighted by Crippen LogP contribution is 2.32. The van der Waals surface area contributed by atoms with Gasteiger partial charge in [-0.2, -0.15) is 13.2 Å². The van der Waals surface area contributed by atoms with Gasteiger partial charge in [-0.25, -0.2) is 9.97 Å². The summed E-state index contributed by atoms with van der Waals surface area (Å²) in [5.74, 6) is 0.331. The molecule has 1 unspecified atom stereocenters. The van der Waals surface area contributed by atoms with Crippen LogP contribution in [0.3, 0.4) is 0 Å². The number of benzene rings is 1. The lowest BCUT2D eigenvalue weighted by molar-refractivity contribution is -0.137. The number of carbonyl (C=O) groups is 1. The number of hydrogen-bond donors (Lipinski definition) is 2. The monoisotopic (exact) mass is 476 g/mol. The zero-order valence-electron chi connectivity index (χ0n) is 18.5. The predicted octanol–water partition coefficient (Wildman–Crippen LogP) is 2.54. The maximum atomic E-state index is 13.1. The van der Waals surface area contributed by atoms with Crippen molar-refractivity contribution in [2.45, 2.75) is 32.2 Å². The largest absolute Gasteiger partial charge is 0.483 e. The van der Waals surface area contributed by atoms with Gasteiger partial charge in [-0.15, -0.1) is 0 Å². The Kier molecular flexibility index (Phi) is 6.07. The molecule has 1 fully saturated rings. The smallest absolute Gasteiger partial charge is 0.416 e. The van der Waals surface area contributed by atoms with Crippen LogP contribution in [0.25, 0.3) is 11.0 Å². The Morgan fingerprint density at radius 2 is 2.03 bits per heavy atom. The molecule has 12 heteroatoms. The van der Waals surface area contributed by atoms with E-state index in [9.17, 15) is 22.8 Å². The van der Waals surface area contributed by atoms with Crippen LogP contribution in [0.1, 0.15) is 24.5 Å². The van der Waals surface area contributed by atoms with Crippen molar-refractivity contribution in [1.82, 2.24) is 19.4 Å². The molecule has 0 radical (unpaired) electrons. The number of nitrogen functional groups attached to an aromatic ring is 1. The molecule has 1 aliphatic heterocycles. The number of aromatic nitrogens is 3. The van der Waals surface area contributed by atoms with E-state index >= 15 is 0 Å². The van der Waals surface area contributed by atoms with E-state index in [0.29, 0.717) is 41.9 Å². The number of fused-ring (bicyclic) bond motifs is 1. The summed E-state index contributed by atoms with van der Waals surface area (Å²) in [6.45, 7) is 2.41. The van der Waals surface area contributed by atoms with E-state index in [4.69, 9.17) is 10.5 Å². The van der Waals surface area contributed by atoms with Gasteiger partial charge in [0.1, 0.15) is 23.9 Å². The lowest BCUT2D eigenvalue weighted by Gasteiger charge is -2.17. The number of nitrogens with zero attached hydrogens (tertiary/aromatic N) is 4. The average molecular weight is 476 g/mol. The zero-order chi connectivity index (χ0) is 24.6. The molecule has 3 heterocycles. The second-order valence-electron chi connectivity index (χ2n) is 8.14. The summed E-state index contributed by atoms with van der Waals surface area (Å²) in [5, 5.41) is 3.46. The molecule has 3 aromatic rings. The molecule has 0 aliphatic carbocycles. The number of pyridine rings is 1. The van der Waals surface area contributed by atoms with E-state index in [1.54, 1.807) is 11.9 Å². The predicted molar refractivity (Wildman–Crippen MR) is 119 cm³/mol. The summed E-state index contributed by atoms with van der Waals surface area (Å²) < 4.78 is 46.6. The highest BCUT2D eigenvalue weighted by molar-refractivity contribution is 5.87. The molecule has 2 aromatic heterocycles. The number of anilines is 2. The minimum atomic E-state index is -4.52. The van der Waals surface area contributed by atoms with Crippen molar-refractivity contribution in [3.63, 3.8) is 0 Å². The van der Waals surface area contributed by atoms with Crippen molar-refractivity contribution < 1.29 is 22.7 Å². The van der Waals surface area contributed by atoms with Crippen LogP contribution >= 0.6 is 0 Å². The van der Waals surface area contributed by atoms with Gasteiger partial charge < -0.3 is 20.7 Å². The molecule has 0 saturated carbocycles. The standard InChI is InChI=1S/C22H23F3N6O3/c1-12(32)31-4-3-16(10-31)34-18-8-17-19(28-11-29-20(17)30(2)21(18)33)27-9-13-5-14(22(23,24)25)7-15(26)6-13/h5-8,11,16H,3-4,9-10,26H2,1-2H3,(H,27,28,29). The van der Waals surface area contributed by atoms with Gasteiger partial charge in [0.25, 0.3) is 5.56 Å². The maximum Gasteiger partial charge on any atom is 0.416 e. The fourth-order valence-electron chi connectivity index (χ4n) is 3.93. The molecule has 0 bridgehead atoms. The first-order valence-electron chi connectivity index (χ1n) is 10.5. The molecular weight excluding hydrogens is 453 g/mol. The fourth-order valence-corrected chi connectivity index (χ4v) is 3.93. The van der Waals surface area contributed by atoms with Gasteiger partial charge in [0.15, 0.2) is 5.75 Å².